The van der Waals surface area contributed by atoms with Gasteiger partial charge in [-0.1, -0.05) is 48.0 Å². The van der Waals surface area contributed by atoms with Crippen LogP contribution in [-0.4, -0.2) is 31.7 Å². The van der Waals surface area contributed by atoms with E-state index in [1.165, 1.54) is 16.4 Å². The molecule has 6 nitrogen and oxygen atoms in total. The van der Waals surface area contributed by atoms with E-state index >= 15 is 0 Å². The molecule has 33 heavy (non-hydrogen) atoms. The topological polar surface area (TPSA) is 90.3 Å². The normalized spacial score (nSPS) is 16.1. The van der Waals surface area contributed by atoms with Gasteiger partial charge in [-0.2, -0.15) is 9.57 Å². The van der Waals surface area contributed by atoms with Crippen LogP contribution < -0.4 is 5.32 Å². The number of carbonyl (C=O) groups is 1. The van der Waals surface area contributed by atoms with Crippen LogP contribution >= 0.6 is 11.3 Å². The Labute approximate surface area is 198 Å². The van der Waals surface area contributed by atoms with Gasteiger partial charge in [0.05, 0.1) is 16.5 Å². The average Bonchev–Trinajstić information content (AvgIpc) is 3.38. The van der Waals surface area contributed by atoms with E-state index in [4.69, 9.17) is 0 Å². The first-order valence-electron chi connectivity index (χ1n) is 10.8. The summed E-state index contributed by atoms with van der Waals surface area (Å²) in [5, 5.41) is 14.5. The van der Waals surface area contributed by atoms with Crippen LogP contribution in [-0.2, 0) is 14.8 Å². The maximum atomic E-state index is 13.2. The van der Waals surface area contributed by atoms with Crippen LogP contribution in [0.4, 0.5) is 0 Å². The first-order chi connectivity index (χ1) is 15.9. The lowest BCUT2D eigenvalue weighted by atomic mass is 9.95. The molecule has 1 aromatic heterocycles. The van der Waals surface area contributed by atoms with Crippen molar-refractivity contribution in [3.63, 3.8) is 0 Å². The average molecular weight is 480 g/mol. The quantitative estimate of drug-likeness (QED) is 0.573. The van der Waals surface area contributed by atoms with Gasteiger partial charge in [-0.15, -0.1) is 11.3 Å². The Bertz CT molecular complexity index is 1250. The van der Waals surface area contributed by atoms with Gasteiger partial charge in [-0.05, 0) is 48.9 Å². The number of benzene rings is 2. The van der Waals surface area contributed by atoms with Crippen LogP contribution in [0, 0.1) is 24.2 Å². The van der Waals surface area contributed by atoms with Gasteiger partial charge in [0.1, 0.15) is 6.07 Å². The second-order valence-electron chi connectivity index (χ2n) is 8.15. The Morgan fingerprint density at radius 1 is 1.09 bits per heavy atom. The molecule has 0 aliphatic carbocycles. The second-order valence-corrected chi connectivity index (χ2v) is 11.0. The van der Waals surface area contributed by atoms with Crippen molar-refractivity contribution in [2.75, 3.05) is 13.1 Å². The summed E-state index contributed by atoms with van der Waals surface area (Å²) in [7, 11) is -3.78. The van der Waals surface area contributed by atoms with Crippen molar-refractivity contribution in [1.82, 2.24) is 9.62 Å². The third-order valence-corrected chi connectivity index (χ3v) is 8.87. The predicted octanol–water partition coefficient (Wildman–Crippen LogP) is 4.23. The summed E-state index contributed by atoms with van der Waals surface area (Å²) < 4.78 is 27.5. The molecular weight excluding hydrogens is 454 g/mol. The fourth-order valence-electron chi connectivity index (χ4n) is 4.07. The van der Waals surface area contributed by atoms with Gasteiger partial charge in [-0.25, -0.2) is 8.42 Å². The number of nitrogens with zero attached hydrogens (tertiary/aromatic N) is 2. The molecule has 170 valence electrons. The van der Waals surface area contributed by atoms with Crippen molar-refractivity contribution >= 4 is 27.3 Å². The zero-order chi connectivity index (χ0) is 23.4. The van der Waals surface area contributed by atoms with E-state index < -0.39 is 10.0 Å². The van der Waals surface area contributed by atoms with Gasteiger partial charge in [-0.3, -0.25) is 4.79 Å². The van der Waals surface area contributed by atoms with Gasteiger partial charge in [0.25, 0.3) is 0 Å². The molecule has 0 radical (unpaired) electrons. The number of thiophene rings is 1. The maximum absolute atomic E-state index is 13.2. The molecule has 1 aliphatic heterocycles. The molecule has 1 aliphatic rings. The summed E-state index contributed by atoms with van der Waals surface area (Å²) in [4.78, 5) is 14.2. The molecular formula is C25H25N3O3S2. The molecule has 1 fully saturated rings. The standard InChI is InChI=1S/C25H25N3O3S2/c1-18-8-10-19(11-9-18)24(22-6-4-16-32-22)27-25(29)20-12-14-28(15-13-20)33(30,31)23-7-3-2-5-21(23)17-26/h2-11,16,20,24H,12-15H2,1H3,(H,27,29)/t24-/m0/s1. The fourth-order valence-corrected chi connectivity index (χ4v) is 6.49. The number of piperidine rings is 1. The van der Waals surface area contributed by atoms with Crippen LogP contribution in [0.5, 0.6) is 0 Å². The molecule has 3 aromatic rings. The van der Waals surface area contributed by atoms with Crippen LogP contribution in [0.3, 0.4) is 0 Å². The van der Waals surface area contributed by atoms with Crippen molar-refractivity contribution in [2.45, 2.75) is 30.7 Å². The molecule has 8 heteroatoms. The largest absolute Gasteiger partial charge is 0.344 e. The summed E-state index contributed by atoms with van der Waals surface area (Å²) in [6.07, 6.45) is 0.871. The van der Waals surface area contributed by atoms with Crippen LogP contribution in [0.25, 0.3) is 0 Å². The second kappa shape index (κ2) is 9.87. The zero-order valence-electron chi connectivity index (χ0n) is 18.3. The Kier molecular flexibility index (Phi) is 6.94. The summed E-state index contributed by atoms with van der Waals surface area (Å²) in [5.41, 5.74) is 2.31. The molecule has 1 atom stereocenters. The van der Waals surface area contributed by atoms with E-state index in [2.05, 4.69) is 5.32 Å². The highest BCUT2D eigenvalue weighted by atomic mass is 32.2. The molecule has 2 aromatic carbocycles. The predicted molar refractivity (Wildman–Crippen MR) is 128 cm³/mol. The highest BCUT2D eigenvalue weighted by Crippen LogP contribution is 2.29. The number of amides is 1. The van der Waals surface area contributed by atoms with Crippen molar-refractivity contribution in [2.24, 2.45) is 5.92 Å². The Morgan fingerprint density at radius 3 is 2.42 bits per heavy atom. The van der Waals surface area contributed by atoms with Crippen LogP contribution in [0.15, 0.2) is 70.9 Å². The van der Waals surface area contributed by atoms with E-state index in [0.29, 0.717) is 12.8 Å². The molecule has 0 bridgehead atoms. The highest BCUT2D eigenvalue weighted by Gasteiger charge is 2.34. The summed E-state index contributed by atoms with van der Waals surface area (Å²) >= 11 is 1.59. The van der Waals surface area contributed by atoms with E-state index in [0.717, 1.165) is 16.0 Å². The van der Waals surface area contributed by atoms with Gasteiger partial charge < -0.3 is 5.32 Å². The summed E-state index contributed by atoms with van der Waals surface area (Å²) in [5.74, 6) is -0.334. The molecule has 2 heterocycles. The highest BCUT2D eigenvalue weighted by molar-refractivity contribution is 7.89. The first kappa shape index (κ1) is 23.2. The molecule has 0 spiro atoms. The third kappa shape index (κ3) is 5.01. The van der Waals surface area contributed by atoms with Crippen LogP contribution in [0.2, 0.25) is 0 Å². The summed E-state index contributed by atoms with van der Waals surface area (Å²) in [6, 6.07) is 20.0. The summed E-state index contributed by atoms with van der Waals surface area (Å²) in [6.45, 7) is 2.52. The SMILES string of the molecule is Cc1ccc([C@H](NC(=O)C2CCN(S(=O)(=O)c3ccccc3C#N)CC2)c2cccs2)cc1. The third-order valence-electron chi connectivity index (χ3n) is 5.98. The van der Waals surface area contributed by atoms with Crippen molar-refractivity contribution < 1.29 is 13.2 Å². The minimum atomic E-state index is -3.78. The first-order valence-corrected chi connectivity index (χ1v) is 13.1. The lowest BCUT2D eigenvalue weighted by Gasteiger charge is -2.31. The number of rotatable bonds is 6. The minimum Gasteiger partial charge on any atom is -0.344 e. The Morgan fingerprint density at radius 2 is 1.79 bits per heavy atom. The van der Waals surface area contributed by atoms with Gasteiger partial charge in [0, 0.05) is 23.9 Å². The number of aryl methyl sites for hydroxylation is 1. The molecule has 1 N–H and O–H groups in total. The number of hydrogen-bond acceptors (Lipinski definition) is 5. The van der Waals surface area contributed by atoms with Crippen molar-refractivity contribution in [3.8, 4) is 6.07 Å². The van der Waals surface area contributed by atoms with Gasteiger partial charge in [0.15, 0.2) is 0 Å². The smallest absolute Gasteiger partial charge is 0.244 e. The minimum absolute atomic E-state index is 0.0209. The number of hydrogen-bond donors (Lipinski definition) is 1. The van der Waals surface area contributed by atoms with E-state index in [1.54, 1.807) is 23.5 Å². The number of carbonyl (C=O) groups excluding carboxylic acids is 1. The van der Waals surface area contributed by atoms with Crippen molar-refractivity contribution in [1.29, 1.82) is 5.26 Å². The fraction of sp³-hybridized carbons (Fsp3) is 0.280. The monoisotopic (exact) mass is 479 g/mol. The molecule has 4 rings (SSSR count). The molecule has 0 unspecified atom stereocenters. The van der Waals surface area contributed by atoms with E-state index in [9.17, 15) is 18.5 Å². The van der Waals surface area contributed by atoms with Gasteiger partial charge >= 0.3 is 0 Å². The van der Waals surface area contributed by atoms with E-state index in [1.807, 2.05) is 54.8 Å². The lowest BCUT2D eigenvalue weighted by Crippen LogP contribution is -2.43. The number of nitrogens with one attached hydrogen (secondary N) is 1. The molecule has 0 saturated carbocycles. The van der Waals surface area contributed by atoms with E-state index in [-0.39, 0.29) is 41.4 Å². The molecule has 1 saturated heterocycles. The van der Waals surface area contributed by atoms with Crippen LogP contribution in [0.1, 0.15) is 40.5 Å². The van der Waals surface area contributed by atoms with Gasteiger partial charge in [0.2, 0.25) is 15.9 Å². The van der Waals surface area contributed by atoms with Crippen molar-refractivity contribution in [3.05, 3.63) is 87.6 Å². The maximum Gasteiger partial charge on any atom is 0.244 e. The number of sulfonamides is 1. The molecule has 1 amide bonds. The lowest BCUT2D eigenvalue weighted by molar-refractivity contribution is -0.126. The Balaban J connectivity index is 1.45. The Hall–Kier alpha value is -2.99. The number of nitriles is 1. The zero-order valence-corrected chi connectivity index (χ0v) is 19.9.